The number of piperidine rings is 2. The number of nitro benzene ring substituents is 2. The molecule has 47 heavy (non-hydrogen) atoms. The van der Waals surface area contributed by atoms with Crippen LogP contribution in [0.2, 0.25) is 0 Å². The summed E-state index contributed by atoms with van der Waals surface area (Å²) in [5, 5.41) is 24.9. The maximum absolute atomic E-state index is 13.8. The first kappa shape index (κ1) is 35.7. The molecule has 0 spiro atoms. The molecule has 2 saturated heterocycles. The third kappa shape index (κ3) is 8.79. The van der Waals surface area contributed by atoms with Gasteiger partial charge in [0.15, 0.2) is 0 Å². The van der Waals surface area contributed by atoms with Crippen LogP contribution < -0.4 is 5.32 Å². The first-order valence-electron chi connectivity index (χ1n) is 14.6. The van der Waals surface area contributed by atoms with E-state index in [1.54, 1.807) is 20.8 Å². The van der Waals surface area contributed by atoms with E-state index in [0.717, 1.165) is 52.8 Å². The number of benzene rings is 2. The number of carbonyl (C=O) groups is 2. The van der Waals surface area contributed by atoms with Crippen molar-refractivity contribution in [3.63, 3.8) is 0 Å². The van der Waals surface area contributed by atoms with Crippen LogP contribution in [0.4, 0.5) is 16.2 Å². The molecule has 2 fully saturated rings. The molecule has 0 aromatic heterocycles. The number of sulfonamides is 1. The Morgan fingerprint density at radius 2 is 1.34 bits per heavy atom. The fraction of sp³-hybridized carbons (Fsp3) is 0.500. The summed E-state index contributed by atoms with van der Waals surface area (Å²) in [6.45, 7) is 5.29. The van der Waals surface area contributed by atoms with Crippen molar-refractivity contribution in [1.29, 1.82) is 0 Å². The van der Waals surface area contributed by atoms with E-state index in [-0.39, 0.29) is 40.0 Å². The predicted molar refractivity (Wildman–Crippen MR) is 164 cm³/mol. The molecule has 1 N–H and O–H groups in total. The van der Waals surface area contributed by atoms with Gasteiger partial charge in [0.2, 0.25) is 15.9 Å². The van der Waals surface area contributed by atoms with E-state index in [1.165, 1.54) is 4.90 Å². The average molecular weight is 698 g/mol. The van der Waals surface area contributed by atoms with Crippen molar-refractivity contribution in [2.24, 2.45) is 0 Å². The molecule has 2 amide bonds. The lowest BCUT2D eigenvalue weighted by Gasteiger charge is -2.39. The van der Waals surface area contributed by atoms with Crippen LogP contribution >= 0.6 is 0 Å². The summed E-state index contributed by atoms with van der Waals surface area (Å²) >= 11 is 0. The highest BCUT2D eigenvalue weighted by molar-refractivity contribution is 7.89. The molecule has 2 aromatic rings. The van der Waals surface area contributed by atoms with Crippen molar-refractivity contribution in [2.45, 2.75) is 80.0 Å². The van der Waals surface area contributed by atoms with E-state index in [4.69, 9.17) is 8.92 Å². The molecule has 2 heterocycles. The van der Waals surface area contributed by atoms with Gasteiger partial charge in [0.1, 0.15) is 11.6 Å². The zero-order chi connectivity index (χ0) is 34.7. The number of carbonyl (C=O) groups excluding carboxylic acids is 2. The molecule has 19 heteroatoms. The Bertz CT molecular complexity index is 1720. The molecule has 0 aliphatic carbocycles. The highest BCUT2D eigenvalue weighted by Crippen LogP contribution is 2.30. The van der Waals surface area contributed by atoms with E-state index >= 15 is 0 Å². The fourth-order valence-corrected chi connectivity index (χ4v) is 7.93. The number of amides is 2. The van der Waals surface area contributed by atoms with Crippen LogP contribution in [0.3, 0.4) is 0 Å². The van der Waals surface area contributed by atoms with Crippen molar-refractivity contribution >= 4 is 43.5 Å². The Balaban J connectivity index is 1.52. The summed E-state index contributed by atoms with van der Waals surface area (Å²) in [5.74, 6) is -0.636. The summed E-state index contributed by atoms with van der Waals surface area (Å²) in [5.41, 5.74) is -1.37. The van der Waals surface area contributed by atoms with Crippen LogP contribution in [-0.4, -0.2) is 91.3 Å². The van der Waals surface area contributed by atoms with Gasteiger partial charge in [-0.1, -0.05) is 0 Å². The van der Waals surface area contributed by atoms with Gasteiger partial charge in [-0.2, -0.15) is 12.7 Å². The number of nitrogens with one attached hydrogen (secondary N) is 1. The van der Waals surface area contributed by atoms with Gasteiger partial charge in [-0.15, -0.1) is 0 Å². The molecule has 2 aliphatic rings. The quantitative estimate of drug-likeness (QED) is 0.227. The minimum Gasteiger partial charge on any atom is -0.444 e. The van der Waals surface area contributed by atoms with Crippen molar-refractivity contribution in [3.8, 4) is 0 Å². The highest BCUT2D eigenvalue weighted by atomic mass is 32.2. The second-order valence-electron chi connectivity index (χ2n) is 12.1. The standard InChI is InChI=1S/C28H35N5O12S2/c1-28(2,3)44-27(35)30-16-14-19(15-17-30)29-26(34)25-13-8-22(45-47(42,43)24-11-6-21(7-12-24)33(38)39)18-31(25)46(40,41)23-9-4-20(5-10-23)32(36)37/h4-7,9-12,19,22,25H,8,13-18H2,1-3H3,(H,29,34)/t22-,25-/m0/s1. The number of likely N-dealkylation sites (tertiary alicyclic amines) is 1. The SMILES string of the molecule is CC(C)(C)OC(=O)N1CCC(NC(=O)[C@@H]2CC[C@H](OS(=O)(=O)c3ccc([N+](=O)[O-])cc3)CN2S(=O)(=O)c2ccc([N+](=O)[O-])cc2)CC1. The summed E-state index contributed by atoms with van der Waals surface area (Å²) in [6.07, 6.45) is -1.12. The van der Waals surface area contributed by atoms with E-state index in [2.05, 4.69) is 5.32 Å². The fourth-order valence-electron chi connectivity index (χ4n) is 5.19. The molecule has 2 aliphatic heterocycles. The molecule has 2 aromatic carbocycles. The summed E-state index contributed by atoms with van der Waals surface area (Å²) in [4.78, 5) is 47.4. The second kappa shape index (κ2) is 13.9. The van der Waals surface area contributed by atoms with Crippen molar-refractivity contribution in [3.05, 3.63) is 68.8 Å². The number of ether oxygens (including phenoxy) is 1. The molecular formula is C28H35N5O12S2. The van der Waals surface area contributed by atoms with Gasteiger partial charge in [-0.25, -0.2) is 13.2 Å². The maximum atomic E-state index is 13.8. The minimum absolute atomic E-state index is 0.0341. The Kier molecular flexibility index (Phi) is 10.5. The zero-order valence-electron chi connectivity index (χ0n) is 25.8. The number of non-ortho nitro benzene ring substituents is 2. The first-order valence-corrected chi connectivity index (χ1v) is 17.4. The molecule has 4 rings (SSSR count). The van der Waals surface area contributed by atoms with E-state index in [9.17, 15) is 46.7 Å². The van der Waals surface area contributed by atoms with Gasteiger partial charge in [0, 0.05) is 49.9 Å². The molecule has 0 bridgehead atoms. The lowest BCUT2D eigenvalue weighted by atomic mass is 10.00. The Morgan fingerprint density at radius 1 is 0.830 bits per heavy atom. The van der Waals surface area contributed by atoms with Crippen LogP contribution in [0.15, 0.2) is 58.3 Å². The lowest BCUT2D eigenvalue weighted by Crippen LogP contribution is -2.57. The van der Waals surface area contributed by atoms with Crippen LogP contribution in [0.5, 0.6) is 0 Å². The highest BCUT2D eigenvalue weighted by Gasteiger charge is 2.43. The molecule has 0 radical (unpaired) electrons. The normalized spacial score (nSPS) is 19.9. The third-order valence-electron chi connectivity index (χ3n) is 7.54. The van der Waals surface area contributed by atoms with Gasteiger partial charge in [-0.05, 0) is 70.7 Å². The van der Waals surface area contributed by atoms with Gasteiger partial charge < -0.3 is 15.0 Å². The average Bonchev–Trinajstić information content (AvgIpc) is 3.00. The number of nitro groups is 2. The molecule has 0 unspecified atom stereocenters. The number of nitrogens with zero attached hydrogens (tertiary/aromatic N) is 4. The summed E-state index contributed by atoms with van der Waals surface area (Å²) in [6, 6.07) is 6.33. The second-order valence-corrected chi connectivity index (χ2v) is 15.6. The van der Waals surface area contributed by atoms with Gasteiger partial charge in [0.05, 0.1) is 25.7 Å². The third-order valence-corrected chi connectivity index (χ3v) is 10.8. The molecular weight excluding hydrogens is 662 g/mol. The lowest BCUT2D eigenvalue weighted by molar-refractivity contribution is -0.385. The molecule has 0 saturated carbocycles. The monoisotopic (exact) mass is 697 g/mol. The Labute approximate surface area is 271 Å². The number of hydrogen-bond acceptors (Lipinski definition) is 12. The van der Waals surface area contributed by atoms with Crippen molar-refractivity contribution in [1.82, 2.24) is 14.5 Å². The van der Waals surface area contributed by atoms with Crippen LogP contribution in [0, 0.1) is 20.2 Å². The van der Waals surface area contributed by atoms with E-state index in [1.807, 2.05) is 0 Å². The van der Waals surface area contributed by atoms with E-state index < -0.39 is 66.3 Å². The van der Waals surface area contributed by atoms with Crippen molar-refractivity contribution < 1.29 is 45.2 Å². The van der Waals surface area contributed by atoms with Crippen LogP contribution in [0.1, 0.15) is 46.5 Å². The van der Waals surface area contributed by atoms with Crippen LogP contribution in [0.25, 0.3) is 0 Å². The zero-order valence-corrected chi connectivity index (χ0v) is 27.4. The Morgan fingerprint density at radius 3 is 1.83 bits per heavy atom. The smallest absolute Gasteiger partial charge is 0.410 e. The summed E-state index contributed by atoms with van der Waals surface area (Å²) < 4.78 is 65.2. The number of hydrogen-bond donors (Lipinski definition) is 1. The number of rotatable bonds is 9. The first-order chi connectivity index (χ1) is 21.9. The summed E-state index contributed by atoms with van der Waals surface area (Å²) in [7, 11) is -9.01. The van der Waals surface area contributed by atoms with Gasteiger partial charge in [-0.3, -0.25) is 29.2 Å². The van der Waals surface area contributed by atoms with Crippen LogP contribution in [-0.2, 0) is 33.9 Å². The minimum atomic E-state index is -4.51. The largest absolute Gasteiger partial charge is 0.444 e. The molecule has 256 valence electrons. The van der Waals surface area contributed by atoms with Gasteiger partial charge >= 0.3 is 6.09 Å². The topological polar surface area (TPSA) is 226 Å². The predicted octanol–water partition coefficient (Wildman–Crippen LogP) is 2.95. The Hall–Kier alpha value is -4.20. The molecule has 2 atom stereocenters. The van der Waals surface area contributed by atoms with E-state index in [0.29, 0.717) is 25.9 Å². The molecule has 17 nitrogen and oxygen atoms in total. The van der Waals surface area contributed by atoms with Gasteiger partial charge in [0.25, 0.3) is 21.5 Å². The van der Waals surface area contributed by atoms with Crippen molar-refractivity contribution in [2.75, 3.05) is 19.6 Å². The maximum Gasteiger partial charge on any atom is 0.410 e.